The molecule has 1 aromatic carbocycles. The number of nitrogens with zero attached hydrogens (tertiary/aromatic N) is 1. The Labute approximate surface area is 102 Å². The maximum absolute atomic E-state index is 11.5. The standard InChI is InChI=1S/C12H17NO3S/c1-4-16-12-7-9(5-6-11(12)15-2)10-8-17(3,14)13-10/h5-7,10H,4,8H2,1-3H3/t10-,17?/m1/s1. The lowest BCUT2D eigenvalue weighted by Crippen LogP contribution is -2.22. The van der Waals surface area contributed by atoms with E-state index in [0.29, 0.717) is 18.1 Å². The molecule has 0 saturated heterocycles. The SMILES string of the molecule is CCOc1cc([C@H]2CS(C)(=O)=N2)ccc1OC. The summed E-state index contributed by atoms with van der Waals surface area (Å²) in [6.07, 6.45) is 1.69. The summed E-state index contributed by atoms with van der Waals surface area (Å²) in [6, 6.07) is 5.78. The molecular formula is C12H17NO3S. The van der Waals surface area contributed by atoms with Crippen molar-refractivity contribution in [1.82, 2.24) is 0 Å². The summed E-state index contributed by atoms with van der Waals surface area (Å²) < 4.78 is 26.5. The van der Waals surface area contributed by atoms with Gasteiger partial charge in [0.15, 0.2) is 11.5 Å². The van der Waals surface area contributed by atoms with Gasteiger partial charge in [0.25, 0.3) is 0 Å². The van der Waals surface area contributed by atoms with Crippen molar-refractivity contribution in [3.63, 3.8) is 0 Å². The van der Waals surface area contributed by atoms with Gasteiger partial charge >= 0.3 is 0 Å². The predicted molar refractivity (Wildman–Crippen MR) is 68.3 cm³/mol. The minimum absolute atomic E-state index is 0.0395. The minimum atomic E-state index is -1.92. The van der Waals surface area contributed by atoms with E-state index in [9.17, 15) is 4.21 Å². The van der Waals surface area contributed by atoms with E-state index in [2.05, 4.69) is 4.36 Å². The van der Waals surface area contributed by atoms with E-state index in [4.69, 9.17) is 9.47 Å². The fourth-order valence-electron chi connectivity index (χ4n) is 1.88. The summed E-state index contributed by atoms with van der Waals surface area (Å²) in [6.45, 7) is 2.52. The van der Waals surface area contributed by atoms with E-state index in [-0.39, 0.29) is 6.04 Å². The summed E-state index contributed by atoms with van der Waals surface area (Å²) in [5.74, 6) is 2.06. The van der Waals surface area contributed by atoms with Gasteiger partial charge in [-0.3, -0.25) is 0 Å². The van der Waals surface area contributed by atoms with Gasteiger partial charge in [0.1, 0.15) is 0 Å². The topological polar surface area (TPSA) is 47.9 Å². The van der Waals surface area contributed by atoms with Crippen molar-refractivity contribution in [2.24, 2.45) is 4.36 Å². The number of ether oxygens (including phenoxy) is 2. The van der Waals surface area contributed by atoms with Crippen molar-refractivity contribution in [2.75, 3.05) is 25.7 Å². The zero-order valence-corrected chi connectivity index (χ0v) is 11.1. The Morgan fingerprint density at radius 1 is 1.47 bits per heavy atom. The van der Waals surface area contributed by atoms with E-state index in [0.717, 1.165) is 11.3 Å². The van der Waals surface area contributed by atoms with Crippen molar-refractivity contribution >= 4 is 9.73 Å². The van der Waals surface area contributed by atoms with E-state index < -0.39 is 9.73 Å². The molecule has 1 heterocycles. The molecule has 1 aliphatic heterocycles. The van der Waals surface area contributed by atoms with Crippen LogP contribution in [-0.2, 0) is 9.73 Å². The molecule has 1 aliphatic rings. The lowest BCUT2D eigenvalue weighted by molar-refractivity contribution is 0.310. The van der Waals surface area contributed by atoms with Crippen LogP contribution < -0.4 is 9.47 Å². The second kappa shape index (κ2) is 4.56. The third kappa shape index (κ3) is 2.54. The van der Waals surface area contributed by atoms with Gasteiger partial charge in [-0.2, -0.15) is 0 Å². The van der Waals surface area contributed by atoms with Crippen LogP contribution in [0.15, 0.2) is 22.6 Å². The van der Waals surface area contributed by atoms with E-state index >= 15 is 0 Å². The normalized spacial score (nSPS) is 26.9. The molecule has 4 nitrogen and oxygen atoms in total. The third-order valence-electron chi connectivity index (χ3n) is 2.69. The first-order valence-electron chi connectivity index (χ1n) is 5.55. The maximum Gasteiger partial charge on any atom is 0.161 e. The fourth-order valence-corrected chi connectivity index (χ4v) is 3.29. The predicted octanol–water partition coefficient (Wildman–Crippen LogP) is 2.25. The van der Waals surface area contributed by atoms with Gasteiger partial charge in [0.05, 0.1) is 25.5 Å². The molecule has 0 spiro atoms. The van der Waals surface area contributed by atoms with Crippen LogP contribution in [0.2, 0.25) is 0 Å². The Hall–Kier alpha value is -1.23. The quantitative estimate of drug-likeness (QED) is 0.829. The van der Waals surface area contributed by atoms with Crippen LogP contribution in [0.4, 0.5) is 0 Å². The Balaban J connectivity index is 2.29. The third-order valence-corrected chi connectivity index (χ3v) is 4.32. The molecule has 2 atom stereocenters. The van der Waals surface area contributed by atoms with Gasteiger partial charge in [0, 0.05) is 16.0 Å². The van der Waals surface area contributed by atoms with Crippen LogP contribution in [-0.4, -0.2) is 29.9 Å². The zero-order chi connectivity index (χ0) is 12.5. The highest BCUT2D eigenvalue weighted by atomic mass is 32.2. The van der Waals surface area contributed by atoms with Crippen molar-refractivity contribution in [2.45, 2.75) is 13.0 Å². The van der Waals surface area contributed by atoms with Gasteiger partial charge in [-0.15, -0.1) is 0 Å². The first kappa shape index (κ1) is 12.2. The monoisotopic (exact) mass is 255 g/mol. The summed E-state index contributed by atoms with van der Waals surface area (Å²) in [7, 11) is -0.301. The van der Waals surface area contributed by atoms with Crippen LogP contribution >= 0.6 is 0 Å². The molecule has 94 valence electrons. The molecule has 0 N–H and O–H groups in total. The molecule has 0 radical (unpaired) electrons. The summed E-state index contributed by atoms with van der Waals surface area (Å²) in [4.78, 5) is 0. The molecule has 0 fully saturated rings. The lowest BCUT2D eigenvalue weighted by Gasteiger charge is -2.24. The number of hydrogen-bond donors (Lipinski definition) is 0. The average Bonchev–Trinajstić information content (AvgIpc) is 2.26. The molecule has 2 rings (SSSR count). The van der Waals surface area contributed by atoms with Crippen LogP contribution in [0, 0.1) is 0 Å². The van der Waals surface area contributed by atoms with E-state index in [1.165, 1.54) is 0 Å². The number of benzene rings is 1. The first-order chi connectivity index (χ1) is 8.05. The van der Waals surface area contributed by atoms with Crippen LogP contribution in [0.25, 0.3) is 0 Å². The average molecular weight is 255 g/mol. The maximum atomic E-state index is 11.5. The Morgan fingerprint density at radius 2 is 2.18 bits per heavy atom. The number of methoxy groups -OCH3 is 1. The van der Waals surface area contributed by atoms with Crippen LogP contribution in [0.1, 0.15) is 18.5 Å². The Kier molecular flexibility index (Phi) is 3.28. The Morgan fingerprint density at radius 3 is 2.71 bits per heavy atom. The van der Waals surface area contributed by atoms with Crippen LogP contribution in [0.5, 0.6) is 11.5 Å². The van der Waals surface area contributed by atoms with Gasteiger partial charge in [-0.1, -0.05) is 6.07 Å². The summed E-state index contributed by atoms with van der Waals surface area (Å²) in [5, 5.41) is 0. The zero-order valence-electron chi connectivity index (χ0n) is 10.3. The van der Waals surface area contributed by atoms with Crippen molar-refractivity contribution < 1.29 is 13.7 Å². The van der Waals surface area contributed by atoms with Gasteiger partial charge in [-0.25, -0.2) is 8.57 Å². The van der Waals surface area contributed by atoms with Gasteiger partial charge < -0.3 is 9.47 Å². The smallest absolute Gasteiger partial charge is 0.161 e. The molecule has 1 aromatic rings. The van der Waals surface area contributed by atoms with Crippen LogP contribution in [0.3, 0.4) is 0 Å². The molecule has 0 amide bonds. The molecule has 17 heavy (non-hydrogen) atoms. The summed E-state index contributed by atoms with van der Waals surface area (Å²) in [5.41, 5.74) is 1.04. The lowest BCUT2D eigenvalue weighted by atomic mass is 10.1. The molecule has 0 saturated carbocycles. The minimum Gasteiger partial charge on any atom is -0.493 e. The number of hydrogen-bond acceptors (Lipinski definition) is 4. The summed E-state index contributed by atoms with van der Waals surface area (Å²) >= 11 is 0. The highest BCUT2D eigenvalue weighted by molar-refractivity contribution is 7.93. The molecule has 1 unspecified atom stereocenters. The van der Waals surface area contributed by atoms with E-state index in [1.807, 2.05) is 25.1 Å². The van der Waals surface area contributed by atoms with Gasteiger partial charge in [0.2, 0.25) is 0 Å². The molecule has 0 bridgehead atoms. The highest BCUT2D eigenvalue weighted by Crippen LogP contribution is 2.35. The fraction of sp³-hybridized carbons (Fsp3) is 0.500. The Bertz CT molecular complexity index is 533. The highest BCUT2D eigenvalue weighted by Gasteiger charge is 2.26. The van der Waals surface area contributed by atoms with Crippen molar-refractivity contribution in [3.8, 4) is 11.5 Å². The van der Waals surface area contributed by atoms with Crippen molar-refractivity contribution in [1.29, 1.82) is 0 Å². The van der Waals surface area contributed by atoms with Gasteiger partial charge in [-0.05, 0) is 24.6 Å². The first-order valence-corrected chi connectivity index (χ1v) is 7.64. The van der Waals surface area contributed by atoms with E-state index in [1.54, 1.807) is 13.4 Å². The molecule has 0 aromatic heterocycles. The van der Waals surface area contributed by atoms with Crippen molar-refractivity contribution in [3.05, 3.63) is 23.8 Å². The second-order valence-corrected chi connectivity index (χ2v) is 6.55. The second-order valence-electron chi connectivity index (χ2n) is 4.09. The molecule has 0 aliphatic carbocycles. The largest absolute Gasteiger partial charge is 0.493 e. The molecular weight excluding hydrogens is 238 g/mol. The number of rotatable bonds is 4. The molecule has 5 heteroatoms.